The van der Waals surface area contributed by atoms with Crippen LogP contribution >= 0.6 is 11.6 Å². The summed E-state index contributed by atoms with van der Waals surface area (Å²) in [6.45, 7) is 0. The molecule has 106 valence electrons. The number of benzene rings is 2. The van der Waals surface area contributed by atoms with Gasteiger partial charge in [0.15, 0.2) is 5.69 Å². The number of H-pyrrole nitrogens is 1. The highest BCUT2D eigenvalue weighted by Gasteiger charge is 2.14. The monoisotopic (exact) mass is 301 g/mol. The van der Waals surface area contributed by atoms with Crippen molar-refractivity contribution < 1.29 is 9.53 Å². The van der Waals surface area contributed by atoms with Crippen molar-refractivity contribution in [1.82, 2.24) is 10.2 Å². The molecular weight excluding hydrogens is 290 g/mol. The van der Waals surface area contributed by atoms with E-state index in [0.29, 0.717) is 22.2 Å². The van der Waals surface area contributed by atoms with Crippen LogP contribution in [0.3, 0.4) is 0 Å². The van der Waals surface area contributed by atoms with Gasteiger partial charge in [-0.05, 0) is 24.3 Å². The molecule has 0 atom stereocenters. The molecule has 2 aromatic carbocycles. The molecule has 1 heterocycles. The van der Waals surface area contributed by atoms with Gasteiger partial charge in [0, 0.05) is 11.1 Å². The van der Waals surface area contributed by atoms with E-state index in [4.69, 9.17) is 16.3 Å². The van der Waals surface area contributed by atoms with Crippen LogP contribution < -0.4 is 10.1 Å². The molecule has 5 nitrogen and oxygen atoms in total. The number of hydrogen-bond acceptors (Lipinski definition) is 3. The van der Waals surface area contributed by atoms with Crippen LogP contribution in [0.25, 0.3) is 10.9 Å². The molecule has 3 rings (SSSR count). The van der Waals surface area contributed by atoms with Crippen LogP contribution in [0.4, 0.5) is 5.69 Å². The number of fused-ring (bicyclic) bond motifs is 1. The minimum Gasteiger partial charge on any atom is -0.495 e. The summed E-state index contributed by atoms with van der Waals surface area (Å²) in [4.78, 5) is 12.3. The van der Waals surface area contributed by atoms with Crippen molar-refractivity contribution in [2.75, 3.05) is 12.4 Å². The number of halogens is 1. The van der Waals surface area contributed by atoms with Crippen molar-refractivity contribution >= 4 is 34.1 Å². The quantitative estimate of drug-likeness (QED) is 0.778. The minimum atomic E-state index is -0.298. The van der Waals surface area contributed by atoms with Crippen molar-refractivity contribution in [3.8, 4) is 5.75 Å². The van der Waals surface area contributed by atoms with Crippen LogP contribution in [0.5, 0.6) is 5.75 Å². The van der Waals surface area contributed by atoms with Crippen LogP contribution in [-0.4, -0.2) is 23.2 Å². The number of amides is 1. The second-order valence-corrected chi connectivity index (χ2v) is 4.83. The summed E-state index contributed by atoms with van der Waals surface area (Å²) in [5.41, 5.74) is 1.74. The van der Waals surface area contributed by atoms with Gasteiger partial charge in [-0.2, -0.15) is 5.10 Å². The van der Waals surface area contributed by atoms with Crippen molar-refractivity contribution in [2.45, 2.75) is 0 Å². The van der Waals surface area contributed by atoms with Gasteiger partial charge in [-0.1, -0.05) is 29.8 Å². The Morgan fingerprint density at radius 2 is 2.10 bits per heavy atom. The van der Waals surface area contributed by atoms with E-state index < -0.39 is 0 Å². The van der Waals surface area contributed by atoms with E-state index in [-0.39, 0.29) is 5.91 Å². The number of hydrogen-bond donors (Lipinski definition) is 2. The first-order valence-electron chi connectivity index (χ1n) is 6.27. The number of nitrogens with zero attached hydrogens (tertiary/aromatic N) is 1. The molecule has 6 heteroatoms. The molecule has 0 unspecified atom stereocenters. The summed E-state index contributed by atoms with van der Waals surface area (Å²) < 4.78 is 5.07. The maximum absolute atomic E-state index is 12.3. The van der Waals surface area contributed by atoms with Crippen molar-refractivity contribution in [3.05, 3.63) is 53.2 Å². The highest BCUT2D eigenvalue weighted by molar-refractivity contribution is 6.32. The zero-order valence-electron chi connectivity index (χ0n) is 11.2. The average molecular weight is 302 g/mol. The second-order valence-electron chi connectivity index (χ2n) is 4.42. The molecule has 0 aliphatic heterocycles. The Bertz CT molecular complexity index is 814. The molecule has 0 bridgehead atoms. The Balaban J connectivity index is 1.88. The first kappa shape index (κ1) is 13.5. The van der Waals surface area contributed by atoms with Crippen LogP contribution in [0.15, 0.2) is 42.5 Å². The summed E-state index contributed by atoms with van der Waals surface area (Å²) in [6, 6.07) is 12.5. The van der Waals surface area contributed by atoms with Gasteiger partial charge >= 0.3 is 0 Å². The third kappa shape index (κ3) is 2.55. The van der Waals surface area contributed by atoms with Crippen LogP contribution in [0, 0.1) is 0 Å². The van der Waals surface area contributed by atoms with E-state index >= 15 is 0 Å². The molecule has 1 amide bonds. The lowest BCUT2D eigenvalue weighted by Crippen LogP contribution is -2.12. The Labute approximate surface area is 125 Å². The van der Waals surface area contributed by atoms with E-state index in [1.54, 1.807) is 18.2 Å². The van der Waals surface area contributed by atoms with Crippen LogP contribution in [0.2, 0.25) is 5.02 Å². The Hall–Kier alpha value is -2.53. The highest BCUT2D eigenvalue weighted by atomic mass is 35.5. The lowest BCUT2D eigenvalue weighted by molar-refractivity contribution is 0.102. The maximum Gasteiger partial charge on any atom is 0.276 e. The Morgan fingerprint density at radius 1 is 1.29 bits per heavy atom. The van der Waals surface area contributed by atoms with Gasteiger partial charge in [0.25, 0.3) is 5.91 Å². The van der Waals surface area contributed by atoms with Gasteiger partial charge < -0.3 is 10.1 Å². The lowest BCUT2D eigenvalue weighted by Gasteiger charge is -2.07. The fourth-order valence-corrected chi connectivity index (χ4v) is 2.33. The number of methoxy groups -OCH3 is 1. The fourth-order valence-electron chi connectivity index (χ4n) is 2.07. The van der Waals surface area contributed by atoms with E-state index in [9.17, 15) is 4.79 Å². The number of carbonyl (C=O) groups is 1. The molecule has 21 heavy (non-hydrogen) atoms. The number of aromatic amines is 1. The molecular formula is C15H12ClN3O2. The number of anilines is 1. The first-order chi connectivity index (χ1) is 10.2. The summed E-state index contributed by atoms with van der Waals surface area (Å²) in [7, 11) is 1.54. The van der Waals surface area contributed by atoms with E-state index in [1.165, 1.54) is 7.11 Å². The zero-order chi connectivity index (χ0) is 14.8. The predicted octanol–water partition coefficient (Wildman–Crippen LogP) is 3.48. The second kappa shape index (κ2) is 5.46. The Kier molecular flexibility index (Phi) is 3.50. The van der Waals surface area contributed by atoms with E-state index in [0.717, 1.165) is 10.9 Å². The van der Waals surface area contributed by atoms with Crippen molar-refractivity contribution in [1.29, 1.82) is 0 Å². The summed E-state index contributed by atoms with van der Waals surface area (Å²) >= 11 is 6.03. The van der Waals surface area contributed by atoms with Gasteiger partial charge in [0.2, 0.25) is 0 Å². The molecule has 0 saturated heterocycles. The Morgan fingerprint density at radius 3 is 2.86 bits per heavy atom. The molecule has 0 aliphatic carbocycles. The third-order valence-corrected chi connectivity index (χ3v) is 3.39. The predicted molar refractivity (Wildman–Crippen MR) is 82.1 cm³/mol. The first-order valence-corrected chi connectivity index (χ1v) is 6.65. The molecule has 0 spiro atoms. The number of para-hydroxylation sites is 1. The number of nitrogens with one attached hydrogen (secondary N) is 2. The summed E-state index contributed by atoms with van der Waals surface area (Å²) in [5, 5.41) is 10.9. The lowest BCUT2D eigenvalue weighted by atomic mass is 10.2. The van der Waals surface area contributed by atoms with Gasteiger partial charge in [-0.15, -0.1) is 0 Å². The van der Waals surface area contributed by atoms with Gasteiger partial charge in [0.1, 0.15) is 5.75 Å². The smallest absolute Gasteiger partial charge is 0.276 e. The molecule has 0 saturated carbocycles. The standard InChI is InChI=1S/C15H12ClN3O2/c1-21-13-7-6-9(8-11(13)16)17-15(20)14-10-4-2-3-5-12(10)18-19-14/h2-8H,1H3,(H,17,20)(H,18,19). The van der Waals surface area contributed by atoms with Crippen LogP contribution in [-0.2, 0) is 0 Å². The maximum atomic E-state index is 12.3. The number of carbonyl (C=O) groups excluding carboxylic acids is 1. The van der Waals surface area contributed by atoms with Gasteiger partial charge in [0.05, 0.1) is 17.6 Å². The third-order valence-electron chi connectivity index (χ3n) is 3.10. The topological polar surface area (TPSA) is 67.0 Å². The van der Waals surface area contributed by atoms with Crippen molar-refractivity contribution in [3.63, 3.8) is 0 Å². The molecule has 0 radical (unpaired) electrons. The number of ether oxygens (including phenoxy) is 1. The van der Waals surface area contributed by atoms with Crippen LogP contribution in [0.1, 0.15) is 10.5 Å². The average Bonchev–Trinajstić information content (AvgIpc) is 2.91. The molecule has 2 N–H and O–H groups in total. The molecule has 0 aliphatic rings. The minimum absolute atomic E-state index is 0.298. The zero-order valence-corrected chi connectivity index (χ0v) is 11.9. The molecule has 1 aromatic heterocycles. The highest BCUT2D eigenvalue weighted by Crippen LogP contribution is 2.27. The molecule has 0 fully saturated rings. The number of aromatic nitrogens is 2. The molecule has 3 aromatic rings. The van der Waals surface area contributed by atoms with Gasteiger partial charge in [-0.3, -0.25) is 9.89 Å². The largest absolute Gasteiger partial charge is 0.495 e. The fraction of sp³-hybridized carbons (Fsp3) is 0.0667. The normalized spacial score (nSPS) is 10.6. The van der Waals surface area contributed by atoms with Crippen molar-refractivity contribution in [2.24, 2.45) is 0 Å². The number of rotatable bonds is 3. The van der Waals surface area contributed by atoms with E-state index in [1.807, 2.05) is 24.3 Å². The summed E-state index contributed by atoms with van der Waals surface area (Å²) in [6.07, 6.45) is 0. The summed E-state index contributed by atoms with van der Waals surface area (Å²) in [5.74, 6) is 0.258. The van der Waals surface area contributed by atoms with Gasteiger partial charge in [-0.25, -0.2) is 0 Å². The van der Waals surface area contributed by atoms with E-state index in [2.05, 4.69) is 15.5 Å². The SMILES string of the molecule is COc1ccc(NC(=O)c2n[nH]c3ccccc23)cc1Cl.